The van der Waals surface area contributed by atoms with Gasteiger partial charge < -0.3 is 9.84 Å². The number of benzene rings is 2. The zero-order valence-electron chi connectivity index (χ0n) is 15.2. The molecule has 1 fully saturated rings. The van der Waals surface area contributed by atoms with Crippen molar-refractivity contribution < 1.29 is 19.4 Å². The second-order valence-corrected chi connectivity index (χ2v) is 6.51. The molecule has 0 aromatic heterocycles. The molecule has 0 aliphatic heterocycles. The van der Waals surface area contributed by atoms with E-state index in [0.29, 0.717) is 24.0 Å². The molecule has 0 radical (unpaired) electrons. The van der Waals surface area contributed by atoms with Gasteiger partial charge >= 0.3 is 0 Å². The average molecular weight is 354 g/mol. The molecule has 0 bridgehead atoms. The van der Waals surface area contributed by atoms with Gasteiger partial charge in [-0.1, -0.05) is 79.9 Å². The molecule has 0 saturated heterocycles. The third-order valence-electron chi connectivity index (χ3n) is 4.51. The number of carbonyl (C=O) groups excluding carboxylic acids is 2. The highest BCUT2D eigenvalue weighted by atomic mass is 16.5. The van der Waals surface area contributed by atoms with Gasteiger partial charge in [0.1, 0.15) is 12.2 Å². The number of Topliss-reactive ketones (excluding diaryl/α,β-unsaturated/α-hetero) is 2. The van der Waals surface area contributed by atoms with Crippen LogP contribution in [-0.2, 0) is 4.74 Å². The Balaban J connectivity index is 0.000000197. The first kappa shape index (κ1) is 20.0. The van der Waals surface area contributed by atoms with Crippen LogP contribution in [0.25, 0.3) is 0 Å². The van der Waals surface area contributed by atoms with E-state index in [0.717, 1.165) is 19.3 Å². The highest BCUT2D eigenvalue weighted by molar-refractivity contribution is 6.02. The number of rotatable bonds is 5. The molecule has 138 valence electrons. The third-order valence-corrected chi connectivity index (χ3v) is 4.51. The van der Waals surface area contributed by atoms with E-state index >= 15 is 0 Å². The van der Waals surface area contributed by atoms with E-state index in [4.69, 9.17) is 4.74 Å². The van der Waals surface area contributed by atoms with Crippen LogP contribution in [0.3, 0.4) is 0 Å². The van der Waals surface area contributed by atoms with Gasteiger partial charge in [0.05, 0.1) is 0 Å². The Hall–Kier alpha value is -2.30. The van der Waals surface area contributed by atoms with Crippen molar-refractivity contribution in [2.24, 2.45) is 0 Å². The van der Waals surface area contributed by atoms with E-state index in [2.05, 4.69) is 0 Å². The molecule has 1 aliphatic rings. The van der Waals surface area contributed by atoms with Crippen molar-refractivity contribution in [3.05, 3.63) is 71.8 Å². The normalized spacial score (nSPS) is 15.5. The zero-order valence-corrected chi connectivity index (χ0v) is 15.2. The Morgan fingerprint density at radius 1 is 0.885 bits per heavy atom. The molecular weight excluding hydrogens is 328 g/mol. The second-order valence-electron chi connectivity index (χ2n) is 6.51. The first-order chi connectivity index (χ1) is 12.6. The Labute approximate surface area is 154 Å². The van der Waals surface area contributed by atoms with E-state index in [1.165, 1.54) is 7.11 Å². The minimum Gasteiger partial charge on any atom is -0.382 e. The van der Waals surface area contributed by atoms with Crippen LogP contribution in [0.2, 0.25) is 0 Å². The quantitative estimate of drug-likeness (QED) is 0.822. The van der Waals surface area contributed by atoms with Crippen molar-refractivity contribution in [2.75, 3.05) is 13.7 Å². The van der Waals surface area contributed by atoms with Crippen LogP contribution >= 0.6 is 0 Å². The predicted molar refractivity (Wildman–Crippen MR) is 101 cm³/mol. The van der Waals surface area contributed by atoms with Gasteiger partial charge in [-0.15, -0.1) is 0 Å². The molecule has 1 saturated carbocycles. The number of ether oxygens (including phenoxy) is 1. The van der Waals surface area contributed by atoms with Crippen LogP contribution in [0.4, 0.5) is 0 Å². The molecular formula is C22H26O4. The number of carbonyl (C=O) groups is 2. The molecule has 0 unspecified atom stereocenters. The lowest BCUT2D eigenvalue weighted by atomic mass is 9.79. The van der Waals surface area contributed by atoms with Crippen molar-refractivity contribution in [1.29, 1.82) is 0 Å². The largest absolute Gasteiger partial charge is 0.382 e. The summed E-state index contributed by atoms with van der Waals surface area (Å²) in [5, 5.41) is 10.2. The summed E-state index contributed by atoms with van der Waals surface area (Å²) in [6, 6.07) is 18.2. The maximum atomic E-state index is 12.1. The van der Waals surface area contributed by atoms with E-state index < -0.39 is 5.60 Å². The summed E-state index contributed by atoms with van der Waals surface area (Å²) in [5.41, 5.74) is 0.232. The van der Waals surface area contributed by atoms with Gasteiger partial charge in [-0.2, -0.15) is 0 Å². The molecule has 4 nitrogen and oxygen atoms in total. The van der Waals surface area contributed by atoms with Gasteiger partial charge in [0, 0.05) is 18.2 Å². The Kier molecular flexibility index (Phi) is 7.70. The van der Waals surface area contributed by atoms with Crippen LogP contribution in [0.1, 0.15) is 52.8 Å². The summed E-state index contributed by atoms with van der Waals surface area (Å²) in [6.45, 7) is 0.157. The lowest BCUT2D eigenvalue weighted by Gasteiger charge is -2.30. The molecule has 1 aliphatic carbocycles. The summed E-state index contributed by atoms with van der Waals surface area (Å²) in [7, 11) is 1.51. The molecule has 2 aromatic carbocycles. The lowest BCUT2D eigenvalue weighted by molar-refractivity contribution is 0.0116. The molecule has 2 aromatic rings. The van der Waals surface area contributed by atoms with Crippen LogP contribution in [-0.4, -0.2) is 36.0 Å². The number of aliphatic hydroxyl groups is 1. The molecule has 26 heavy (non-hydrogen) atoms. The van der Waals surface area contributed by atoms with Gasteiger partial charge in [0.15, 0.2) is 11.6 Å². The summed E-state index contributed by atoms with van der Waals surface area (Å²) in [6.07, 6.45) is 4.26. The molecule has 3 rings (SSSR count). The molecule has 0 atom stereocenters. The number of hydrogen-bond acceptors (Lipinski definition) is 4. The highest BCUT2D eigenvalue weighted by Gasteiger charge is 2.37. The average Bonchev–Trinajstić information content (AvgIpc) is 2.70. The topological polar surface area (TPSA) is 63.6 Å². The molecule has 0 spiro atoms. The van der Waals surface area contributed by atoms with Crippen LogP contribution < -0.4 is 0 Å². The lowest BCUT2D eigenvalue weighted by Crippen LogP contribution is -2.40. The van der Waals surface area contributed by atoms with Crippen molar-refractivity contribution in [3.63, 3.8) is 0 Å². The highest BCUT2D eigenvalue weighted by Crippen LogP contribution is 2.30. The van der Waals surface area contributed by atoms with Crippen LogP contribution in [0.15, 0.2) is 60.7 Å². The summed E-state index contributed by atoms with van der Waals surface area (Å²) in [4.78, 5) is 23.2. The van der Waals surface area contributed by atoms with Crippen molar-refractivity contribution in [2.45, 2.75) is 37.7 Å². The minimum absolute atomic E-state index is 0.0214. The monoisotopic (exact) mass is 354 g/mol. The Morgan fingerprint density at radius 3 is 1.88 bits per heavy atom. The van der Waals surface area contributed by atoms with Gasteiger partial charge in [0.2, 0.25) is 0 Å². The SMILES string of the molecule is COCC(=O)c1ccccc1.O=C(c1ccccc1)C1(O)CCCCC1. The fourth-order valence-corrected chi connectivity index (χ4v) is 3.06. The van der Waals surface area contributed by atoms with Crippen LogP contribution in [0.5, 0.6) is 0 Å². The van der Waals surface area contributed by atoms with Crippen LogP contribution in [0, 0.1) is 0 Å². The second kappa shape index (κ2) is 10.00. The van der Waals surface area contributed by atoms with E-state index in [-0.39, 0.29) is 18.2 Å². The van der Waals surface area contributed by atoms with E-state index in [1.54, 1.807) is 24.3 Å². The summed E-state index contributed by atoms with van der Waals surface area (Å²) < 4.78 is 4.71. The first-order valence-corrected chi connectivity index (χ1v) is 8.96. The zero-order chi connectivity index (χ0) is 18.8. The minimum atomic E-state index is -1.10. The summed E-state index contributed by atoms with van der Waals surface area (Å²) in [5.74, 6) is -0.0871. The number of hydrogen-bond donors (Lipinski definition) is 1. The fourth-order valence-electron chi connectivity index (χ4n) is 3.06. The molecule has 1 N–H and O–H groups in total. The number of methoxy groups -OCH3 is 1. The van der Waals surface area contributed by atoms with E-state index in [1.807, 2.05) is 36.4 Å². The fraction of sp³-hybridized carbons (Fsp3) is 0.364. The van der Waals surface area contributed by atoms with Crippen molar-refractivity contribution in [1.82, 2.24) is 0 Å². The first-order valence-electron chi connectivity index (χ1n) is 8.96. The third kappa shape index (κ3) is 5.61. The Bertz CT molecular complexity index is 689. The molecule has 4 heteroatoms. The van der Waals surface area contributed by atoms with Gasteiger partial charge in [-0.05, 0) is 12.8 Å². The number of ketones is 2. The smallest absolute Gasteiger partial charge is 0.194 e. The standard InChI is InChI=1S/C13H16O2.C9H10O2/c14-12(11-7-3-1-4-8-11)13(15)9-5-2-6-10-13;1-11-7-9(10)8-5-3-2-4-6-8/h1,3-4,7-8,15H,2,5-6,9-10H2;2-6H,7H2,1H3. The maximum Gasteiger partial charge on any atom is 0.194 e. The maximum absolute atomic E-state index is 12.1. The van der Waals surface area contributed by atoms with E-state index in [9.17, 15) is 14.7 Å². The predicted octanol–water partition coefficient (Wildman–Crippen LogP) is 4.08. The Morgan fingerprint density at radius 2 is 1.38 bits per heavy atom. The molecule has 0 heterocycles. The van der Waals surface area contributed by atoms with Gasteiger partial charge in [-0.3, -0.25) is 9.59 Å². The van der Waals surface area contributed by atoms with Gasteiger partial charge in [0.25, 0.3) is 0 Å². The molecule has 0 amide bonds. The van der Waals surface area contributed by atoms with Gasteiger partial charge in [-0.25, -0.2) is 0 Å². The van der Waals surface area contributed by atoms with Crippen molar-refractivity contribution >= 4 is 11.6 Å². The summed E-state index contributed by atoms with van der Waals surface area (Å²) >= 11 is 0. The van der Waals surface area contributed by atoms with Crippen molar-refractivity contribution in [3.8, 4) is 0 Å².